The van der Waals surface area contributed by atoms with E-state index in [9.17, 15) is 8.78 Å². The lowest BCUT2D eigenvalue weighted by atomic mass is 10.1. The number of hydrogen-bond donors (Lipinski definition) is 2. The van der Waals surface area contributed by atoms with Crippen LogP contribution in [0.25, 0.3) is 0 Å². The fourth-order valence-electron chi connectivity index (χ4n) is 2.32. The minimum absolute atomic E-state index is 0. The van der Waals surface area contributed by atoms with Crippen molar-refractivity contribution in [1.82, 2.24) is 10.6 Å². The summed E-state index contributed by atoms with van der Waals surface area (Å²) in [6.07, 6.45) is 0.788. The third-order valence-electron chi connectivity index (χ3n) is 3.60. The van der Waals surface area contributed by atoms with Crippen LogP contribution in [0.2, 0.25) is 0 Å². The lowest BCUT2D eigenvalue weighted by molar-refractivity contribution is 0.414. The quantitative estimate of drug-likeness (QED) is 0.363. The fourth-order valence-corrected chi connectivity index (χ4v) is 2.32. The highest BCUT2D eigenvalue weighted by Gasteiger charge is 2.04. The van der Waals surface area contributed by atoms with Crippen molar-refractivity contribution in [2.75, 3.05) is 20.2 Å². The molecule has 142 valence electrons. The molecule has 0 saturated heterocycles. The van der Waals surface area contributed by atoms with Gasteiger partial charge < -0.3 is 15.4 Å². The van der Waals surface area contributed by atoms with Gasteiger partial charge in [0.1, 0.15) is 17.4 Å². The Morgan fingerprint density at radius 2 is 1.92 bits per heavy atom. The summed E-state index contributed by atoms with van der Waals surface area (Å²) in [6, 6.07) is 11.2. The van der Waals surface area contributed by atoms with Crippen molar-refractivity contribution < 1.29 is 13.5 Å². The van der Waals surface area contributed by atoms with Gasteiger partial charge in [0.05, 0.1) is 13.7 Å². The zero-order chi connectivity index (χ0) is 18.1. The molecule has 0 aliphatic rings. The number of guanidine groups is 1. The Hall–Kier alpha value is -1.90. The predicted octanol–water partition coefficient (Wildman–Crippen LogP) is 3.89. The number of rotatable bonds is 7. The van der Waals surface area contributed by atoms with E-state index in [0.29, 0.717) is 19.0 Å². The van der Waals surface area contributed by atoms with Crippen LogP contribution in [0.5, 0.6) is 5.75 Å². The first kappa shape index (κ1) is 22.1. The summed E-state index contributed by atoms with van der Waals surface area (Å²) in [7, 11) is 1.64. The first-order chi connectivity index (χ1) is 12.1. The van der Waals surface area contributed by atoms with Crippen LogP contribution in [0.1, 0.15) is 18.1 Å². The monoisotopic (exact) mass is 475 g/mol. The standard InChI is InChI=1S/C19H23F2N3O.HI/c1-3-22-19(24-13-15-12-16(20)7-8-18(15)21)23-10-9-14-5-4-6-17(11-14)25-2;/h4-8,11-12H,3,9-10,13H2,1-2H3,(H2,22,23,24);1H. The van der Waals surface area contributed by atoms with Crippen LogP contribution >= 0.6 is 24.0 Å². The van der Waals surface area contributed by atoms with Crippen molar-refractivity contribution in [3.8, 4) is 5.75 Å². The van der Waals surface area contributed by atoms with Crippen molar-refractivity contribution in [2.45, 2.75) is 19.9 Å². The molecule has 0 unspecified atom stereocenters. The lowest BCUT2D eigenvalue weighted by Gasteiger charge is -2.12. The average Bonchev–Trinajstić information content (AvgIpc) is 2.62. The molecular formula is C19H24F2IN3O. The first-order valence-corrected chi connectivity index (χ1v) is 8.21. The van der Waals surface area contributed by atoms with Crippen molar-refractivity contribution in [2.24, 2.45) is 4.99 Å². The SMILES string of the molecule is CCNC(=NCc1cc(F)ccc1F)NCCc1cccc(OC)c1.I. The Kier molecular flexibility index (Phi) is 9.93. The van der Waals surface area contributed by atoms with Gasteiger partial charge in [-0.25, -0.2) is 13.8 Å². The van der Waals surface area contributed by atoms with Gasteiger partial charge in [0.15, 0.2) is 5.96 Å². The molecule has 0 heterocycles. The second-order valence-electron chi connectivity index (χ2n) is 5.46. The molecule has 0 aromatic heterocycles. The number of hydrogen-bond acceptors (Lipinski definition) is 2. The van der Waals surface area contributed by atoms with Crippen LogP contribution in [0.3, 0.4) is 0 Å². The van der Waals surface area contributed by atoms with Crippen LogP contribution in [-0.2, 0) is 13.0 Å². The molecule has 0 aliphatic heterocycles. The van der Waals surface area contributed by atoms with Crippen molar-refractivity contribution in [3.05, 3.63) is 65.2 Å². The van der Waals surface area contributed by atoms with Gasteiger partial charge in [-0.3, -0.25) is 0 Å². The summed E-state index contributed by atoms with van der Waals surface area (Å²) in [6.45, 7) is 3.35. The second kappa shape index (κ2) is 11.7. The molecular weight excluding hydrogens is 451 g/mol. The van der Waals surface area contributed by atoms with E-state index in [0.717, 1.165) is 29.9 Å². The molecule has 4 nitrogen and oxygen atoms in total. The Morgan fingerprint density at radius 3 is 2.65 bits per heavy atom. The highest BCUT2D eigenvalue weighted by molar-refractivity contribution is 14.0. The van der Waals surface area contributed by atoms with Crippen LogP contribution in [-0.4, -0.2) is 26.2 Å². The Morgan fingerprint density at radius 1 is 1.12 bits per heavy atom. The van der Waals surface area contributed by atoms with E-state index in [2.05, 4.69) is 15.6 Å². The number of methoxy groups -OCH3 is 1. The zero-order valence-electron chi connectivity index (χ0n) is 14.9. The van der Waals surface area contributed by atoms with Crippen LogP contribution in [0.4, 0.5) is 8.78 Å². The molecule has 0 atom stereocenters. The highest BCUT2D eigenvalue weighted by atomic mass is 127. The molecule has 0 spiro atoms. The third kappa shape index (κ3) is 7.15. The van der Waals surface area contributed by atoms with Gasteiger partial charge in [0.25, 0.3) is 0 Å². The maximum atomic E-state index is 13.7. The summed E-state index contributed by atoms with van der Waals surface area (Å²) in [5, 5.41) is 6.29. The van der Waals surface area contributed by atoms with E-state index >= 15 is 0 Å². The molecule has 2 rings (SSSR count). The summed E-state index contributed by atoms with van der Waals surface area (Å²) in [4.78, 5) is 4.31. The largest absolute Gasteiger partial charge is 0.497 e. The maximum Gasteiger partial charge on any atom is 0.191 e. The molecule has 2 aromatic carbocycles. The van der Waals surface area contributed by atoms with Crippen LogP contribution in [0.15, 0.2) is 47.5 Å². The van der Waals surface area contributed by atoms with Crippen molar-refractivity contribution in [1.29, 1.82) is 0 Å². The second-order valence-corrected chi connectivity index (χ2v) is 5.46. The smallest absolute Gasteiger partial charge is 0.191 e. The molecule has 2 aromatic rings. The molecule has 0 saturated carbocycles. The lowest BCUT2D eigenvalue weighted by Crippen LogP contribution is -2.38. The van der Waals surface area contributed by atoms with E-state index in [1.54, 1.807) is 7.11 Å². The van der Waals surface area contributed by atoms with Crippen molar-refractivity contribution in [3.63, 3.8) is 0 Å². The first-order valence-electron chi connectivity index (χ1n) is 8.21. The molecule has 0 aliphatic carbocycles. The van der Waals surface area contributed by atoms with Gasteiger partial charge in [-0.15, -0.1) is 24.0 Å². The number of benzene rings is 2. The molecule has 0 amide bonds. The number of ether oxygens (including phenoxy) is 1. The van der Waals surface area contributed by atoms with E-state index in [-0.39, 0.29) is 36.1 Å². The summed E-state index contributed by atoms with van der Waals surface area (Å²) in [5.74, 6) is 0.452. The fraction of sp³-hybridized carbons (Fsp3) is 0.316. The Bertz CT molecular complexity index is 726. The Balaban J connectivity index is 0.00000338. The molecule has 0 radical (unpaired) electrons. The van der Waals surface area contributed by atoms with Gasteiger partial charge >= 0.3 is 0 Å². The normalized spacial score (nSPS) is 10.8. The van der Waals surface area contributed by atoms with Crippen LogP contribution in [0, 0.1) is 11.6 Å². The minimum Gasteiger partial charge on any atom is -0.497 e. The third-order valence-corrected chi connectivity index (χ3v) is 3.60. The molecule has 0 fully saturated rings. The average molecular weight is 475 g/mol. The number of halogens is 3. The van der Waals surface area contributed by atoms with E-state index in [1.807, 2.05) is 31.2 Å². The summed E-state index contributed by atoms with van der Waals surface area (Å²) >= 11 is 0. The molecule has 2 N–H and O–H groups in total. The Labute approximate surface area is 170 Å². The van der Waals surface area contributed by atoms with E-state index in [1.165, 1.54) is 6.07 Å². The highest BCUT2D eigenvalue weighted by Crippen LogP contribution is 2.13. The van der Waals surface area contributed by atoms with E-state index < -0.39 is 11.6 Å². The topological polar surface area (TPSA) is 45.7 Å². The maximum absolute atomic E-state index is 13.7. The summed E-state index contributed by atoms with van der Waals surface area (Å²) < 4.78 is 32.1. The van der Waals surface area contributed by atoms with Crippen molar-refractivity contribution >= 4 is 29.9 Å². The van der Waals surface area contributed by atoms with Gasteiger partial charge in [-0.1, -0.05) is 12.1 Å². The molecule has 26 heavy (non-hydrogen) atoms. The summed E-state index contributed by atoms with van der Waals surface area (Å²) in [5.41, 5.74) is 1.36. The molecule has 0 bridgehead atoms. The predicted molar refractivity (Wildman–Crippen MR) is 111 cm³/mol. The van der Waals surface area contributed by atoms with Gasteiger partial charge in [0.2, 0.25) is 0 Å². The number of aliphatic imine (C=N–C) groups is 1. The van der Waals surface area contributed by atoms with Crippen LogP contribution < -0.4 is 15.4 Å². The van der Waals surface area contributed by atoms with E-state index in [4.69, 9.17) is 4.74 Å². The van der Waals surface area contributed by atoms with Gasteiger partial charge in [-0.2, -0.15) is 0 Å². The van der Waals surface area contributed by atoms with Gasteiger partial charge in [-0.05, 0) is 49.2 Å². The number of nitrogens with one attached hydrogen (secondary N) is 2. The van der Waals surface area contributed by atoms with Gasteiger partial charge in [0, 0.05) is 18.7 Å². The minimum atomic E-state index is -0.470. The molecule has 7 heteroatoms. The number of nitrogens with zero attached hydrogens (tertiary/aromatic N) is 1. The zero-order valence-corrected chi connectivity index (χ0v) is 17.2.